The molecular weight excluding hydrogens is 285 g/mol. The van der Waals surface area contributed by atoms with Gasteiger partial charge in [0.2, 0.25) is 5.69 Å². The van der Waals surface area contributed by atoms with Crippen LogP contribution < -0.4 is 10.0 Å². The van der Waals surface area contributed by atoms with Gasteiger partial charge in [-0.05, 0) is 37.5 Å². The molecule has 0 aliphatic carbocycles. The predicted molar refractivity (Wildman–Crippen MR) is 93.4 cm³/mol. The van der Waals surface area contributed by atoms with E-state index in [-0.39, 0.29) is 5.60 Å². The van der Waals surface area contributed by atoms with E-state index in [4.69, 9.17) is 4.65 Å². The third-order valence-electron chi connectivity index (χ3n) is 5.05. The molecule has 1 N–H and O–H groups in total. The summed E-state index contributed by atoms with van der Waals surface area (Å²) in [7, 11) is -0.901. The van der Waals surface area contributed by atoms with Crippen LogP contribution in [0.3, 0.4) is 0 Å². The first-order valence-electron chi connectivity index (χ1n) is 8.36. The number of fused-ring (bicyclic) bond motifs is 3. The van der Waals surface area contributed by atoms with E-state index in [1.807, 2.05) is 26.1 Å². The highest BCUT2D eigenvalue weighted by Crippen LogP contribution is 2.24. The Morgan fingerprint density at radius 2 is 1.91 bits per heavy atom. The molecular formula is C19H25BNO2+. The monoisotopic (exact) mass is 310 g/mol. The van der Waals surface area contributed by atoms with Crippen LogP contribution in [0.1, 0.15) is 33.3 Å². The highest BCUT2D eigenvalue weighted by molar-refractivity contribution is 6.59. The number of pyridine rings is 1. The van der Waals surface area contributed by atoms with Crippen molar-refractivity contribution >= 4 is 12.6 Å². The number of benzene rings is 1. The number of aryl methyl sites for hydroxylation is 2. The van der Waals surface area contributed by atoms with Crippen molar-refractivity contribution in [2.24, 2.45) is 5.92 Å². The van der Waals surface area contributed by atoms with Crippen LogP contribution in [-0.4, -0.2) is 17.7 Å². The van der Waals surface area contributed by atoms with Crippen molar-refractivity contribution in [1.82, 2.24) is 0 Å². The van der Waals surface area contributed by atoms with Crippen molar-refractivity contribution in [3.8, 4) is 11.3 Å². The molecule has 0 atom stereocenters. The minimum Gasteiger partial charge on any atom is -0.423 e. The van der Waals surface area contributed by atoms with Gasteiger partial charge in [0.05, 0.1) is 5.60 Å². The molecule has 120 valence electrons. The third-order valence-corrected chi connectivity index (χ3v) is 5.05. The number of nitrogens with zero attached hydrogens (tertiary/aromatic N) is 1. The zero-order chi connectivity index (χ0) is 16.6. The third kappa shape index (κ3) is 3.19. The van der Waals surface area contributed by atoms with Gasteiger partial charge in [0, 0.05) is 23.5 Å². The second-order valence-corrected chi connectivity index (χ2v) is 7.18. The summed E-state index contributed by atoms with van der Waals surface area (Å²) >= 11 is 0. The highest BCUT2D eigenvalue weighted by atomic mass is 16.5. The molecule has 0 spiro atoms. The Hall–Kier alpha value is -1.65. The second-order valence-electron chi connectivity index (χ2n) is 7.18. The van der Waals surface area contributed by atoms with Crippen molar-refractivity contribution in [3.63, 3.8) is 0 Å². The molecule has 0 saturated heterocycles. The molecule has 3 rings (SSSR count). The fraction of sp³-hybridized carbons (Fsp3) is 0.421. The van der Waals surface area contributed by atoms with Gasteiger partial charge in [0.15, 0.2) is 12.7 Å². The summed E-state index contributed by atoms with van der Waals surface area (Å²) in [6.07, 6.45) is 3.04. The van der Waals surface area contributed by atoms with Crippen LogP contribution in [0.4, 0.5) is 0 Å². The van der Waals surface area contributed by atoms with E-state index in [2.05, 4.69) is 48.7 Å². The highest BCUT2D eigenvalue weighted by Gasteiger charge is 2.32. The van der Waals surface area contributed by atoms with Gasteiger partial charge in [0.25, 0.3) is 0 Å². The number of hydrogen-bond donors (Lipinski definition) is 1. The summed E-state index contributed by atoms with van der Waals surface area (Å²) in [5.74, 6) is 0.328. The van der Waals surface area contributed by atoms with E-state index < -0.39 is 7.12 Å². The van der Waals surface area contributed by atoms with Gasteiger partial charge in [-0.25, -0.2) is 0 Å². The molecule has 0 saturated carbocycles. The molecule has 0 bridgehead atoms. The molecule has 4 heteroatoms. The van der Waals surface area contributed by atoms with Crippen molar-refractivity contribution in [3.05, 3.63) is 48.2 Å². The van der Waals surface area contributed by atoms with Crippen molar-refractivity contribution in [2.75, 3.05) is 0 Å². The van der Waals surface area contributed by atoms with E-state index in [9.17, 15) is 5.02 Å². The maximum atomic E-state index is 10.5. The van der Waals surface area contributed by atoms with Crippen LogP contribution in [0.15, 0.2) is 42.6 Å². The molecule has 2 heterocycles. The largest absolute Gasteiger partial charge is 0.497 e. The van der Waals surface area contributed by atoms with E-state index >= 15 is 0 Å². The van der Waals surface area contributed by atoms with E-state index in [1.54, 1.807) is 0 Å². The average molecular weight is 310 g/mol. The summed E-state index contributed by atoms with van der Waals surface area (Å²) < 4.78 is 8.10. The molecule has 1 aromatic heterocycles. The first kappa shape index (κ1) is 16.2. The fourth-order valence-corrected chi connectivity index (χ4v) is 2.86. The molecule has 0 amide bonds. The van der Waals surface area contributed by atoms with Crippen LogP contribution in [0.2, 0.25) is 0 Å². The van der Waals surface area contributed by atoms with Crippen LogP contribution in [0, 0.1) is 5.92 Å². The van der Waals surface area contributed by atoms with Crippen molar-refractivity contribution in [1.29, 1.82) is 0 Å². The maximum Gasteiger partial charge on any atom is 0.497 e. The van der Waals surface area contributed by atoms with Gasteiger partial charge in [-0.15, -0.1) is 0 Å². The van der Waals surface area contributed by atoms with Crippen LogP contribution >= 0.6 is 0 Å². The molecule has 1 aliphatic heterocycles. The van der Waals surface area contributed by atoms with E-state index in [0.29, 0.717) is 5.92 Å². The second kappa shape index (κ2) is 6.10. The Kier molecular flexibility index (Phi) is 4.30. The van der Waals surface area contributed by atoms with Crippen molar-refractivity contribution < 1.29 is 14.2 Å². The summed E-state index contributed by atoms with van der Waals surface area (Å²) in [6, 6.07) is 12.6. The lowest BCUT2D eigenvalue weighted by molar-refractivity contribution is -0.686. The fourth-order valence-electron chi connectivity index (χ4n) is 2.86. The lowest BCUT2D eigenvalue weighted by Crippen LogP contribution is -2.49. The summed E-state index contributed by atoms with van der Waals surface area (Å²) in [6.45, 7) is 9.17. The predicted octanol–water partition coefficient (Wildman–Crippen LogP) is 2.34. The first-order chi connectivity index (χ1) is 10.9. The Morgan fingerprint density at radius 3 is 2.65 bits per heavy atom. The van der Waals surface area contributed by atoms with E-state index in [0.717, 1.165) is 18.4 Å². The summed E-state index contributed by atoms with van der Waals surface area (Å²) in [5.41, 5.74) is 4.31. The van der Waals surface area contributed by atoms with Gasteiger partial charge in [-0.3, -0.25) is 0 Å². The smallest absolute Gasteiger partial charge is 0.423 e. The Bertz CT molecular complexity index is 712. The molecule has 2 aromatic rings. The summed E-state index contributed by atoms with van der Waals surface area (Å²) in [4.78, 5) is 0. The van der Waals surface area contributed by atoms with Crippen molar-refractivity contribution in [2.45, 2.75) is 46.3 Å². The maximum absolute atomic E-state index is 10.5. The molecule has 0 fully saturated rings. The lowest BCUT2D eigenvalue weighted by atomic mass is 9.77. The molecule has 1 aliphatic rings. The number of rotatable bonds is 4. The normalized spacial score (nSPS) is 13.7. The minimum absolute atomic E-state index is 0.328. The Balaban J connectivity index is 1.88. The van der Waals surface area contributed by atoms with Gasteiger partial charge in [-0.2, -0.15) is 4.57 Å². The first-order valence-corrected chi connectivity index (χ1v) is 8.36. The molecule has 23 heavy (non-hydrogen) atoms. The van der Waals surface area contributed by atoms with Crippen LogP contribution in [0.25, 0.3) is 11.3 Å². The minimum atomic E-state index is -0.901. The molecule has 3 nitrogen and oxygen atoms in total. The number of hydrogen-bond acceptors (Lipinski definition) is 2. The Labute approximate surface area is 139 Å². The quantitative estimate of drug-likeness (QED) is 0.694. The lowest BCUT2D eigenvalue weighted by Gasteiger charge is -2.31. The molecule has 1 aromatic carbocycles. The van der Waals surface area contributed by atoms with Gasteiger partial charge < -0.3 is 9.68 Å². The molecule has 0 radical (unpaired) electrons. The zero-order valence-corrected chi connectivity index (χ0v) is 14.4. The Morgan fingerprint density at radius 1 is 1.17 bits per heavy atom. The van der Waals surface area contributed by atoms with Gasteiger partial charge in [-0.1, -0.05) is 32.0 Å². The van der Waals surface area contributed by atoms with Gasteiger partial charge in [0.1, 0.15) is 0 Å². The van der Waals surface area contributed by atoms with Gasteiger partial charge >= 0.3 is 7.12 Å². The topological polar surface area (TPSA) is 33.3 Å². The zero-order valence-electron chi connectivity index (χ0n) is 14.4. The standard InChI is InChI=1S/C19H25BNO2/c1-14(2)19(3,4)23-20(22)16-9-10-18-17-8-6-5-7-15(17)11-12-21(18)13-16/h5-10,13-14,22H,11-12H2,1-4H3/q+1. The average Bonchev–Trinajstić information content (AvgIpc) is 2.53. The number of aromatic nitrogens is 1. The summed E-state index contributed by atoms with van der Waals surface area (Å²) in [5, 5.41) is 10.5. The van der Waals surface area contributed by atoms with E-state index in [1.165, 1.54) is 16.8 Å². The van der Waals surface area contributed by atoms with Crippen LogP contribution in [0.5, 0.6) is 0 Å². The SMILES string of the molecule is CC(C)C(C)(C)OB(O)c1ccc2[n+](c1)CCc1ccccc1-2. The molecule has 0 unspecified atom stereocenters. The van der Waals surface area contributed by atoms with Crippen LogP contribution in [-0.2, 0) is 17.6 Å².